The summed E-state index contributed by atoms with van der Waals surface area (Å²) in [5, 5.41) is 4.08. The van der Waals surface area contributed by atoms with Gasteiger partial charge in [-0.15, -0.1) is 0 Å². The van der Waals surface area contributed by atoms with E-state index in [1.165, 1.54) is 18.4 Å². The minimum Gasteiger partial charge on any atom is -0.352 e. The summed E-state index contributed by atoms with van der Waals surface area (Å²) in [5.41, 5.74) is 4.12. The molecule has 1 aliphatic rings. The second-order valence-corrected chi connectivity index (χ2v) is 6.59. The van der Waals surface area contributed by atoms with Crippen LogP contribution in [0.2, 0.25) is 0 Å². The van der Waals surface area contributed by atoms with E-state index in [1.54, 1.807) is 0 Å². The van der Waals surface area contributed by atoms with E-state index in [4.69, 9.17) is 4.98 Å². The van der Waals surface area contributed by atoms with Crippen LogP contribution in [0.5, 0.6) is 0 Å². The molecule has 1 aromatic heterocycles. The molecule has 2 aromatic rings. The quantitative estimate of drug-likeness (QED) is 0.873. The summed E-state index contributed by atoms with van der Waals surface area (Å²) in [7, 11) is 0. The van der Waals surface area contributed by atoms with Gasteiger partial charge in [-0.3, -0.25) is 9.78 Å². The van der Waals surface area contributed by atoms with Crippen molar-refractivity contribution >= 4 is 16.8 Å². The highest BCUT2D eigenvalue weighted by molar-refractivity contribution is 6.07. The van der Waals surface area contributed by atoms with Crippen molar-refractivity contribution in [2.45, 2.75) is 46.0 Å². The van der Waals surface area contributed by atoms with Crippen LogP contribution in [0.1, 0.15) is 54.7 Å². The van der Waals surface area contributed by atoms with Gasteiger partial charge in [-0.05, 0) is 43.2 Å². The number of nitrogens with zero attached hydrogens (tertiary/aromatic N) is 1. The van der Waals surface area contributed by atoms with Gasteiger partial charge in [-0.1, -0.05) is 38.5 Å². The number of para-hydroxylation sites is 1. The standard InChI is InChI=1S/C19H24N2O/c1-13(2)12-20-19(22)18-14-8-4-3-5-10-16(14)21-17-11-7-6-9-15(17)18/h6-7,9,11,13H,3-5,8,10,12H2,1-2H3,(H,20,22). The average Bonchev–Trinajstić information content (AvgIpc) is 2.75. The third-order valence-corrected chi connectivity index (χ3v) is 4.32. The fraction of sp³-hybridized carbons (Fsp3) is 0.474. The molecule has 0 bridgehead atoms. The fourth-order valence-electron chi connectivity index (χ4n) is 3.19. The number of hydrogen-bond acceptors (Lipinski definition) is 2. The lowest BCUT2D eigenvalue weighted by Crippen LogP contribution is -2.29. The zero-order valence-electron chi connectivity index (χ0n) is 13.5. The predicted molar refractivity (Wildman–Crippen MR) is 90.2 cm³/mol. The lowest BCUT2D eigenvalue weighted by atomic mass is 9.96. The molecule has 1 aliphatic carbocycles. The minimum absolute atomic E-state index is 0.0606. The van der Waals surface area contributed by atoms with Gasteiger partial charge in [0.25, 0.3) is 5.91 Å². The van der Waals surface area contributed by atoms with Gasteiger partial charge in [-0.25, -0.2) is 0 Å². The highest BCUT2D eigenvalue weighted by Gasteiger charge is 2.21. The highest BCUT2D eigenvalue weighted by Crippen LogP contribution is 2.28. The molecule has 3 heteroatoms. The molecular weight excluding hydrogens is 272 g/mol. The molecule has 0 saturated carbocycles. The monoisotopic (exact) mass is 296 g/mol. The number of amides is 1. The van der Waals surface area contributed by atoms with Gasteiger partial charge in [0.1, 0.15) is 0 Å². The second kappa shape index (κ2) is 6.47. The third-order valence-electron chi connectivity index (χ3n) is 4.32. The molecule has 0 fully saturated rings. The van der Waals surface area contributed by atoms with Crippen molar-refractivity contribution < 1.29 is 4.79 Å². The van der Waals surface area contributed by atoms with Crippen LogP contribution in [0.25, 0.3) is 10.9 Å². The van der Waals surface area contributed by atoms with Crippen LogP contribution in [-0.4, -0.2) is 17.4 Å². The summed E-state index contributed by atoms with van der Waals surface area (Å²) in [6.07, 6.45) is 5.50. The van der Waals surface area contributed by atoms with Gasteiger partial charge >= 0.3 is 0 Å². The molecule has 0 radical (unpaired) electrons. The first-order valence-electron chi connectivity index (χ1n) is 8.35. The molecule has 1 heterocycles. The number of hydrogen-bond donors (Lipinski definition) is 1. The first-order valence-corrected chi connectivity index (χ1v) is 8.35. The van der Waals surface area contributed by atoms with Crippen molar-refractivity contribution in [3.05, 3.63) is 41.1 Å². The second-order valence-electron chi connectivity index (χ2n) is 6.59. The van der Waals surface area contributed by atoms with E-state index in [9.17, 15) is 4.79 Å². The van der Waals surface area contributed by atoms with Crippen LogP contribution in [0.3, 0.4) is 0 Å². The average molecular weight is 296 g/mol. The number of carbonyl (C=O) groups is 1. The van der Waals surface area contributed by atoms with E-state index in [0.29, 0.717) is 12.5 Å². The largest absolute Gasteiger partial charge is 0.352 e. The Hall–Kier alpha value is -1.90. The molecule has 0 unspecified atom stereocenters. The number of aryl methyl sites for hydroxylation is 1. The summed E-state index contributed by atoms with van der Waals surface area (Å²) in [4.78, 5) is 17.6. The van der Waals surface area contributed by atoms with E-state index < -0.39 is 0 Å². The number of benzene rings is 1. The van der Waals surface area contributed by atoms with Crippen LogP contribution >= 0.6 is 0 Å². The Labute approximate surface area is 132 Å². The maximum atomic E-state index is 12.8. The first-order chi connectivity index (χ1) is 10.7. The van der Waals surface area contributed by atoms with Crippen LogP contribution in [0, 0.1) is 5.92 Å². The molecule has 22 heavy (non-hydrogen) atoms. The normalized spacial score (nSPS) is 14.7. The molecule has 1 aromatic carbocycles. The Morgan fingerprint density at radius 3 is 2.77 bits per heavy atom. The molecule has 0 spiro atoms. The molecule has 1 amide bonds. The van der Waals surface area contributed by atoms with E-state index in [2.05, 4.69) is 19.2 Å². The Balaban J connectivity index is 2.12. The summed E-state index contributed by atoms with van der Waals surface area (Å²) in [6, 6.07) is 8.03. The van der Waals surface area contributed by atoms with Crippen LogP contribution < -0.4 is 5.32 Å². The number of rotatable bonds is 3. The van der Waals surface area contributed by atoms with Crippen LogP contribution in [0.4, 0.5) is 0 Å². The predicted octanol–water partition coefficient (Wildman–Crippen LogP) is 3.89. The van der Waals surface area contributed by atoms with Gasteiger partial charge < -0.3 is 5.32 Å². The number of nitrogens with one attached hydrogen (secondary N) is 1. The molecule has 1 N–H and O–H groups in total. The van der Waals surface area contributed by atoms with Gasteiger partial charge in [-0.2, -0.15) is 0 Å². The molecule has 0 atom stereocenters. The molecule has 0 saturated heterocycles. The number of carbonyl (C=O) groups excluding carboxylic acids is 1. The fourth-order valence-corrected chi connectivity index (χ4v) is 3.19. The zero-order valence-corrected chi connectivity index (χ0v) is 13.5. The van der Waals surface area contributed by atoms with Gasteiger partial charge in [0.05, 0.1) is 11.1 Å². The third kappa shape index (κ3) is 2.99. The maximum Gasteiger partial charge on any atom is 0.252 e. The van der Waals surface area contributed by atoms with Crippen molar-refractivity contribution in [2.24, 2.45) is 5.92 Å². The zero-order chi connectivity index (χ0) is 15.5. The van der Waals surface area contributed by atoms with Crippen LogP contribution in [-0.2, 0) is 12.8 Å². The Bertz CT molecular complexity index is 691. The van der Waals surface area contributed by atoms with Crippen molar-refractivity contribution in [1.29, 1.82) is 0 Å². The summed E-state index contributed by atoms with van der Waals surface area (Å²) >= 11 is 0. The first kappa shape index (κ1) is 15.0. The topological polar surface area (TPSA) is 42.0 Å². The Kier molecular flexibility index (Phi) is 4.41. The van der Waals surface area contributed by atoms with Gasteiger partial charge in [0.15, 0.2) is 0 Å². The molecule has 0 aliphatic heterocycles. The van der Waals surface area contributed by atoms with Gasteiger partial charge in [0, 0.05) is 17.6 Å². The number of aromatic nitrogens is 1. The van der Waals surface area contributed by atoms with Gasteiger partial charge in [0.2, 0.25) is 0 Å². The van der Waals surface area contributed by atoms with E-state index >= 15 is 0 Å². The maximum absolute atomic E-state index is 12.8. The van der Waals surface area contributed by atoms with Crippen molar-refractivity contribution in [2.75, 3.05) is 6.54 Å². The lowest BCUT2D eigenvalue weighted by Gasteiger charge is -2.16. The van der Waals surface area contributed by atoms with E-state index in [1.807, 2.05) is 24.3 Å². The SMILES string of the molecule is CC(C)CNC(=O)c1c2c(nc3ccccc13)CCCCC2. The summed E-state index contributed by atoms with van der Waals surface area (Å²) < 4.78 is 0. The van der Waals surface area contributed by atoms with Crippen LogP contribution in [0.15, 0.2) is 24.3 Å². The Morgan fingerprint density at radius 2 is 1.95 bits per heavy atom. The highest BCUT2D eigenvalue weighted by atomic mass is 16.1. The molecular formula is C19H24N2O. The molecule has 116 valence electrons. The molecule has 3 rings (SSSR count). The van der Waals surface area contributed by atoms with E-state index in [0.717, 1.165) is 41.4 Å². The number of fused-ring (bicyclic) bond motifs is 2. The lowest BCUT2D eigenvalue weighted by molar-refractivity contribution is 0.0949. The summed E-state index contributed by atoms with van der Waals surface area (Å²) in [5.74, 6) is 0.515. The number of pyridine rings is 1. The van der Waals surface area contributed by atoms with Crippen molar-refractivity contribution in [3.8, 4) is 0 Å². The smallest absolute Gasteiger partial charge is 0.252 e. The van der Waals surface area contributed by atoms with Crippen molar-refractivity contribution in [1.82, 2.24) is 10.3 Å². The van der Waals surface area contributed by atoms with Crippen molar-refractivity contribution in [3.63, 3.8) is 0 Å². The minimum atomic E-state index is 0.0606. The molecule has 3 nitrogen and oxygen atoms in total. The van der Waals surface area contributed by atoms with E-state index in [-0.39, 0.29) is 5.91 Å². The summed E-state index contributed by atoms with van der Waals surface area (Å²) in [6.45, 7) is 4.95. The Morgan fingerprint density at radius 1 is 1.18 bits per heavy atom.